The number of hydrogen-bond acceptors (Lipinski definition) is 4. The van der Waals surface area contributed by atoms with Gasteiger partial charge >= 0.3 is 15.6 Å². The molecule has 0 aromatic heterocycles. The van der Waals surface area contributed by atoms with Crippen LogP contribution >= 0.6 is 0 Å². The van der Waals surface area contributed by atoms with Gasteiger partial charge in [-0.3, -0.25) is 4.55 Å². The van der Waals surface area contributed by atoms with Crippen LogP contribution in [-0.4, -0.2) is 48.5 Å². The molecule has 1 heterocycles. The van der Waals surface area contributed by atoms with Crippen molar-refractivity contribution in [2.24, 2.45) is 0 Å². The van der Waals surface area contributed by atoms with E-state index in [1.807, 2.05) is 0 Å². The van der Waals surface area contributed by atoms with E-state index in [-0.39, 0.29) is 0 Å². The Balaban J connectivity index is 0.000000561. The standard InChI is InChI=1S/C14H28N2.CHF3O3S/c1-3-4-5-6-7-8-9-10-11-16-13-12-15(2)14-16;2-1(3,4)8(5,6)7/h12-13H,3-11,14H2,1-2H3;(H,5,6,7). The van der Waals surface area contributed by atoms with E-state index in [4.69, 9.17) is 13.0 Å². The van der Waals surface area contributed by atoms with Crippen LogP contribution in [0.15, 0.2) is 12.4 Å². The second kappa shape index (κ2) is 11.6. The Hall–Kier alpha value is -0.960. The van der Waals surface area contributed by atoms with E-state index in [9.17, 15) is 13.2 Å². The predicted octanol–water partition coefficient (Wildman–Crippen LogP) is 4.20. The van der Waals surface area contributed by atoms with Crippen LogP contribution in [0.25, 0.3) is 0 Å². The van der Waals surface area contributed by atoms with Crippen LogP contribution < -0.4 is 0 Å². The van der Waals surface area contributed by atoms with Crippen molar-refractivity contribution >= 4 is 10.1 Å². The quantitative estimate of drug-likeness (QED) is 0.372. The van der Waals surface area contributed by atoms with Gasteiger partial charge in [0.1, 0.15) is 0 Å². The maximum Gasteiger partial charge on any atom is 0.522 e. The minimum atomic E-state index is -5.84. The Morgan fingerprint density at radius 1 is 1.00 bits per heavy atom. The molecule has 0 bridgehead atoms. The average Bonchev–Trinajstić information content (AvgIpc) is 2.86. The number of halogens is 3. The number of hydrogen-bond donors (Lipinski definition) is 1. The van der Waals surface area contributed by atoms with E-state index in [1.54, 1.807) is 0 Å². The largest absolute Gasteiger partial charge is 0.522 e. The van der Waals surface area contributed by atoms with Crippen molar-refractivity contribution in [3.63, 3.8) is 0 Å². The lowest BCUT2D eigenvalue weighted by atomic mass is 10.1. The molecule has 1 aliphatic rings. The second-order valence-corrected chi connectivity index (χ2v) is 7.32. The van der Waals surface area contributed by atoms with Crippen LogP contribution in [0.4, 0.5) is 13.2 Å². The summed E-state index contributed by atoms with van der Waals surface area (Å²) in [6, 6.07) is 0. The molecule has 144 valence electrons. The molecule has 0 fully saturated rings. The van der Waals surface area contributed by atoms with Gasteiger partial charge < -0.3 is 9.80 Å². The summed E-state index contributed by atoms with van der Waals surface area (Å²) in [6.45, 7) is 4.59. The first kappa shape index (κ1) is 23.0. The van der Waals surface area contributed by atoms with Crippen LogP contribution in [-0.2, 0) is 10.1 Å². The summed E-state index contributed by atoms with van der Waals surface area (Å²) in [6.07, 6.45) is 15.7. The molecular formula is C15H29F3N2O3S. The first-order chi connectivity index (χ1) is 11.1. The van der Waals surface area contributed by atoms with Crippen LogP contribution in [0.5, 0.6) is 0 Å². The maximum absolute atomic E-state index is 10.7. The van der Waals surface area contributed by atoms with Crippen molar-refractivity contribution in [3.8, 4) is 0 Å². The molecule has 0 aromatic carbocycles. The molecule has 0 atom stereocenters. The van der Waals surface area contributed by atoms with Gasteiger partial charge in [0.15, 0.2) is 0 Å². The Kier molecular flexibility index (Phi) is 11.1. The third-order valence-corrected chi connectivity index (χ3v) is 4.11. The first-order valence-electron chi connectivity index (χ1n) is 8.24. The van der Waals surface area contributed by atoms with E-state index in [0.29, 0.717) is 0 Å². The van der Waals surface area contributed by atoms with E-state index in [2.05, 4.69) is 36.2 Å². The van der Waals surface area contributed by atoms with Gasteiger partial charge in [-0.2, -0.15) is 21.6 Å². The predicted molar refractivity (Wildman–Crippen MR) is 88.7 cm³/mol. The zero-order valence-corrected chi connectivity index (χ0v) is 15.2. The molecule has 5 nitrogen and oxygen atoms in total. The summed E-state index contributed by atoms with van der Waals surface area (Å²) in [7, 11) is -3.71. The van der Waals surface area contributed by atoms with Crippen molar-refractivity contribution in [1.82, 2.24) is 9.80 Å². The zero-order chi connectivity index (χ0) is 18.6. The Labute approximate surface area is 143 Å². The van der Waals surface area contributed by atoms with E-state index in [1.165, 1.54) is 57.9 Å². The monoisotopic (exact) mass is 374 g/mol. The molecule has 0 aromatic rings. The minimum Gasteiger partial charge on any atom is -0.362 e. The summed E-state index contributed by atoms with van der Waals surface area (Å²) in [5, 5.41) is 0. The molecule has 0 amide bonds. The van der Waals surface area contributed by atoms with E-state index < -0.39 is 15.6 Å². The molecule has 0 spiro atoms. The third-order valence-electron chi connectivity index (χ3n) is 3.53. The topological polar surface area (TPSA) is 60.9 Å². The first-order valence-corrected chi connectivity index (χ1v) is 9.68. The molecule has 1 rings (SSSR count). The highest BCUT2D eigenvalue weighted by Crippen LogP contribution is 2.20. The normalized spacial score (nSPS) is 14.8. The van der Waals surface area contributed by atoms with Crippen LogP contribution in [0.1, 0.15) is 58.3 Å². The SMILES string of the molecule is CCCCCCCCCCN1C=CN(C)C1.O=S(=O)(O)C(F)(F)F. The van der Waals surface area contributed by atoms with Crippen LogP contribution in [0.3, 0.4) is 0 Å². The maximum atomic E-state index is 10.7. The Morgan fingerprint density at radius 2 is 1.46 bits per heavy atom. The molecule has 24 heavy (non-hydrogen) atoms. The number of unbranched alkanes of at least 4 members (excludes halogenated alkanes) is 7. The summed E-state index contributed by atoms with van der Waals surface area (Å²) in [5.74, 6) is 0. The molecule has 0 unspecified atom stereocenters. The molecule has 0 aliphatic carbocycles. The molecule has 0 saturated carbocycles. The summed E-state index contributed by atoms with van der Waals surface area (Å²) >= 11 is 0. The minimum absolute atomic E-state index is 1.08. The highest BCUT2D eigenvalue weighted by molar-refractivity contribution is 7.86. The Bertz CT molecular complexity index is 453. The van der Waals surface area contributed by atoms with Gasteiger partial charge in [0, 0.05) is 26.0 Å². The molecule has 1 aliphatic heterocycles. The lowest BCUT2D eigenvalue weighted by Crippen LogP contribution is -2.23. The highest BCUT2D eigenvalue weighted by Gasteiger charge is 2.44. The summed E-state index contributed by atoms with van der Waals surface area (Å²) in [5.41, 5.74) is -5.53. The van der Waals surface area contributed by atoms with Crippen molar-refractivity contribution in [2.45, 2.75) is 63.8 Å². The number of alkyl halides is 3. The molecule has 0 saturated heterocycles. The molecular weight excluding hydrogens is 345 g/mol. The number of rotatable bonds is 9. The molecule has 9 heteroatoms. The van der Waals surface area contributed by atoms with Crippen LogP contribution in [0.2, 0.25) is 0 Å². The van der Waals surface area contributed by atoms with E-state index in [0.717, 1.165) is 6.67 Å². The van der Waals surface area contributed by atoms with Crippen molar-refractivity contribution in [1.29, 1.82) is 0 Å². The summed E-state index contributed by atoms with van der Waals surface area (Å²) < 4.78 is 57.5. The zero-order valence-electron chi connectivity index (χ0n) is 14.4. The highest BCUT2D eigenvalue weighted by atomic mass is 32.2. The van der Waals surface area contributed by atoms with Gasteiger partial charge in [-0.1, -0.05) is 51.9 Å². The third kappa shape index (κ3) is 11.6. The van der Waals surface area contributed by atoms with Crippen LogP contribution in [0, 0.1) is 0 Å². The van der Waals surface area contributed by atoms with Gasteiger partial charge in [0.05, 0.1) is 6.67 Å². The van der Waals surface area contributed by atoms with Gasteiger partial charge in [0.2, 0.25) is 0 Å². The van der Waals surface area contributed by atoms with Gasteiger partial charge in [-0.15, -0.1) is 0 Å². The van der Waals surface area contributed by atoms with Gasteiger partial charge in [-0.05, 0) is 6.42 Å². The van der Waals surface area contributed by atoms with Gasteiger partial charge in [0.25, 0.3) is 0 Å². The molecule has 0 radical (unpaired) electrons. The van der Waals surface area contributed by atoms with Gasteiger partial charge in [-0.25, -0.2) is 0 Å². The fourth-order valence-corrected chi connectivity index (χ4v) is 2.18. The average molecular weight is 374 g/mol. The van der Waals surface area contributed by atoms with Crippen molar-refractivity contribution in [2.75, 3.05) is 20.3 Å². The lowest BCUT2D eigenvalue weighted by molar-refractivity contribution is -0.0510. The van der Waals surface area contributed by atoms with E-state index >= 15 is 0 Å². The smallest absolute Gasteiger partial charge is 0.362 e. The second-order valence-electron chi connectivity index (χ2n) is 5.90. The van der Waals surface area contributed by atoms with Crippen molar-refractivity contribution < 1.29 is 26.1 Å². The Morgan fingerprint density at radius 3 is 1.83 bits per heavy atom. The van der Waals surface area contributed by atoms with Crippen molar-refractivity contribution in [3.05, 3.63) is 12.4 Å². The summed E-state index contributed by atoms with van der Waals surface area (Å²) in [4.78, 5) is 4.63. The lowest BCUT2D eigenvalue weighted by Gasteiger charge is -2.17. The number of nitrogens with zero attached hydrogens (tertiary/aromatic N) is 2. The fraction of sp³-hybridized carbons (Fsp3) is 0.867. The fourth-order valence-electron chi connectivity index (χ4n) is 2.18. The molecule has 1 N–H and O–H groups in total.